The Morgan fingerprint density at radius 2 is 1.48 bits per heavy atom. The summed E-state index contributed by atoms with van der Waals surface area (Å²) in [6.45, 7) is 2.79. The van der Waals surface area contributed by atoms with Crippen LogP contribution in [0.15, 0.2) is 72.8 Å². The van der Waals surface area contributed by atoms with E-state index in [2.05, 4.69) is 4.90 Å². The summed E-state index contributed by atoms with van der Waals surface area (Å²) >= 11 is 6.01. The van der Waals surface area contributed by atoms with Crippen LogP contribution in [0, 0.1) is 0 Å². The summed E-state index contributed by atoms with van der Waals surface area (Å²) in [6.07, 6.45) is 1.89. The maximum atomic E-state index is 13.2. The Hall–Kier alpha value is -3.11. The van der Waals surface area contributed by atoms with E-state index in [0.717, 1.165) is 29.9 Å². The number of halogens is 1. The lowest BCUT2D eigenvalue weighted by molar-refractivity contribution is 0.0747. The molecular weight excluding hydrogens is 384 g/mol. The number of amides is 1. The van der Waals surface area contributed by atoms with Crippen molar-refractivity contribution in [2.75, 3.05) is 31.1 Å². The first-order valence-corrected chi connectivity index (χ1v) is 9.91. The SMILES string of the molecule is O=[C]c1ccc(N2CCN(C(=O)c3ccccc3-c3ccc(Cl)cc3)CC2)cc1. The standard InChI is InChI=1S/C24H20ClN2O2/c25-20-9-7-19(8-10-20)22-3-1-2-4-23(22)24(29)27-15-13-26(14-16-27)21-11-5-18(17-28)6-12-21/h1-12H,13-16H2. The molecule has 0 aliphatic carbocycles. The van der Waals surface area contributed by atoms with E-state index < -0.39 is 0 Å². The Morgan fingerprint density at radius 3 is 2.14 bits per heavy atom. The highest BCUT2D eigenvalue weighted by Crippen LogP contribution is 2.27. The maximum absolute atomic E-state index is 13.2. The van der Waals surface area contributed by atoms with Crippen molar-refractivity contribution in [3.05, 3.63) is 88.9 Å². The number of carbonyl (C=O) groups excluding carboxylic acids is 2. The molecule has 4 nitrogen and oxygen atoms in total. The summed E-state index contributed by atoms with van der Waals surface area (Å²) in [4.78, 5) is 28.1. The lowest BCUT2D eigenvalue weighted by atomic mass is 9.98. The van der Waals surface area contributed by atoms with Crippen molar-refractivity contribution in [3.8, 4) is 11.1 Å². The Labute approximate surface area is 175 Å². The van der Waals surface area contributed by atoms with Crippen molar-refractivity contribution in [1.82, 2.24) is 4.90 Å². The third kappa shape index (κ3) is 4.17. The van der Waals surface area contributed by atoms with Crippen LogP contribution in [0.5, 0.6) is 0 Å². The van der Waals surface area contributed by atoms with Crippen molar-refractivity contribution in [1.29, 1.82) is 0 Å². The summed E-state index contributed by atoms with van der Waals surface area (Å²) in [5.74, 6) is 0.0427. The molecule has 5 heteroatoms. The molecule has 1 heterocycles. The minimum atomic E-state index is 0.0427. The van der Waals surface area contributed by atoms with E-state index in [4.69, 9.17) is 11.6 Å². The van der Waals surface area contributed by atoms with Crippen LogP contribution in [0.3, 0.4) is 0 Å². The van der Waals surface area contributed by atoms with E-state index in [-0.39, 0.29) is 5.91 Å². The number of carbonyl (C=O) groups is 1. The molecule has 0 saturated carbocycles. The normalized spacial score (nSPS) is 14.0. The first kappa shape index (κ1) is 19.2. The van der Waals surface area contributed by atoms with Gasteiger partial charge in [0.25, 0.3) is 5.91 Å². The summed E-state index contributed by atoms with van der Waals surface area (Å²) in [5, 5.41) is 0.674. The molecular formula is C24H20ClN2O2. The molecule has 3 aromatic carbocycles. The molecule has 3 aromatic rings. The average molecular weight is 404 g/mol. The summed E-state index contributed by atoms with van der Waals surface area (Å²) in [7, 11) is 0. The minimum absolute atomic E-state index is 0.0427. The van der Waals surface area contributed by atoms with Crippen molar-refractivity contribution in [2.45, 2.75) is 0 Å². The molecule has 0 unspecified atom stereocenters. The van der Waals surface area contributed by atoms with Gasteiger partial charge in [0.1, 0.15) is 0 Å². The highest BCUT2D eigenvalue weighted by molar-refractivity contribution is 6.30. The van der Waals surface area contributed by atoms with Crippen molar-refractivity contribution >= 4 is 29.5 Å². The zero-order chi connectivity index (χ0) is 20.2. The lowest BCUT2D eigenvalue weighted by Gasteiger charge is -2.36. The molecule has 1 fully saturated rings. The molecule has 1 aliphatic rings. The van der Waals surface area contributed by atoms with Gasteiger partial charge in [0.05, 0.1) is 0 Å². The van der Waals surface area contributed by atoms with Gasteiger partial charge in [-0.05, 0) is 53.6 Å². The molecule has 4 rings (SSSR count). The highest BCUT2D eigenvalue weighted by atomic mass is 35.5. The van der Waals surface area contributed by atoms with Crippen molar-refractivity contribution in [3.63, 3.8) is 0 Å². The van der Waals surface area contributed by atoms with Crippen molar-refractivity contribution in [2.24, 2.45) is 0 Å². The quantitative estimate of drug-likeness (QED) is 0.647. The second kappa shape index (κ2) is 8.50. The smallest absolute Gasteiger partial charge is 0.254 e. The third-order valence-electron chi connectivity index (χ3n) is 5.23. The maximum Gasteiger partial charge on any atom is 0.254 e. The van der Waals surface area contributed by atoms with Gasteiger partial charge in [-0.3, -0.25) is 9.59 Å². The van der Waals surface area contributed by atoms with Gasteiger partial charge in [0, 0.05) is 48.0 Å². The van der Waals surface area contributed by atoms with Gasteiger partial charge in [-0.2, -0.15) is 0 Å². The monoisotopic (exact) mass is 403 g/mol. The second-order valence-electron chi connectivity index (χ2n) is 6.98. The van der Waals surface area contributed by atoms with Crippen LogP contribution in [0.4, 0.5) is 5.69 Å². The van der Waals surface area contributed by atoms with Gasteiger partial charge >= 0.3 is 0 Å². The molecule has 0 aromatic heterocycles. The topological polar surface area (TPSA) is 40.6 Å². The van der Waals surface area contributed by atoms with Crippen LogP contribution in [-0.4, -0.2) is 43.3 Å². The molecule has 145 valence electrons. The van der Waals surface area contributed by atoms with Crippen LogP contribution in [0.2, 0.25) is 5.02 Å². The number of benzene rings is 3. The van der Waals surface area contributed by atoms with Crippen LogP contribution < -0.4 is 4.90 Å². The summed E-state index contributed by atoms with van der Waals surface area (Å²) in [5.41, 5.74) is 4.19. The Bertz CT molecular complexity index is 1010. The van der Waals surface area contributed by atoms with E-state index in [1.54, 1.807) is 12.1 Å². The van der Waals surface area contributed by atoms with Crippen LogP contribution in [0.25, 0.3) is 11.1 Å². The van der Waals surface area contributed by atoms with Crippen LogP contribution in [-0.2, 0) is 4.79 Å². The van der Waals surface area contributed by atoms with Crippen LogP contribution in [0.1, 0.15) is 15.9 Å². The largest absolute Gasteiger partial charge is 0.368 e. The van der Waals surface area contributed by atoms with E-state index in [0.29, 0.717) is 29.2 Å². The number of nitrogens with zero attached hydrogens (tertiary/aromatic N) is 2. The van der Waals surface area contributed by atoms with Gasteiger partial charge in [-0.25, -0.2) is 0 Å². The van der Waals surface area contributed by atoms with Crippen molar-refractivity contribution < 1.29 is 9.59 Å². The molecule has 29 heavy (non-hydrogen) atoms. The molecule has 0 atom stereocenters. The fraction of sp³-hybridized carbons (Fsp3) is 0.167. The number of anilines is 1. The van der Waals surface area contributed by atoms with Gasteiger partial charge in [-0.1, -0.05) is 41.9 Å². The number of piperazine rings is 1. The Morgan fingerprint density at radius 1 is 0.828 bits per heavy atom. The predicted octanol–water partition coefficient (Wildman–Crippen LogP) is 4.43. The number of rotatable bonds is 4. The molecule has 1 amide bonds. The summed E-state index contributed by atoms with van der Waals surface area (Å²) in [6, 6.07) is 22.6. The van der Waals surface area contributed by atoms with Gasteiger partial charge in [-0.15, -0.1) is 0 Å². The zero-order valence-corrected chi connectivity index (χ0v) is 16.6. The Balaban J connectivity index is 1.49. The van der Waals surface area contributed by atoms with E-state index >= 15 is 0 Å². The van der Waals surface area contributed by atoms with E-state index in [9.17, 15) is 9.59 Å². The second-order valence-corrected chi connectivity index (χ2v) is 7.42. The van der Waals surface area contributed by atoms with E-state index in [1.165, 1.54) is 0 Å². The zero-order valence-electron chi connectivity index (χ0n) is 15.8. The fourth-order valence-electron chi connectivity index (χ4n) is 3.63. The molecule has 0 N–H and O–H groups in total. The fourth-order valence-corrected chi connectivity index (χ4v) is 3.76. The average Bonchev–Trinajstić information content (AvgIpc) is 2.79. The summed E-state index contributed by atoms with van der Waals surface area (Å²) < 4.78 is 0. The number of hydrogen-bond donors (Lipinski definition) is 0. The predicted molar refractivity (Wildman–Crippen MR) is 116 cm³/mol. The van der Waals surface area contributed by atoms with Gasteiger partial charge in [0.15, 0.2) is 0 Å². The third-order valence-corrected chi connectivity index (χ3v) is 5.48. The lowest BCUT2D eigenvalue weighted by Crippen LogP contribution is -2.48. The highest BCUT2D eigenvalue weighted by Gasteiger charge is 2.24. The molecule has 0 bridgehead atoms. The first-order chi connectivity index (χ1) is 14.2. The first-order valence-electron chi connectivity index (χ1n) is 9.53. The molecule has 1 aliphatic heterocycles. The minimum Gasteiger partial charge on any atom is -0.368 e. The number of hydrogen-bond acceptors (Lipinski definition) is 3. The molecule has 1 saturated heterocycles. The van der Waals surface area contributed by atoms with Crippen LogP contribution >= 0.6 is 11.6 Å². The molecule has 0 spiro atoms. The van der Waals surface area contributed by atoms with E-state index in [1.807, 2.05) is 71.8 Å². The molecule has 1 radical (unpaired) electrons. The Kier molecular flexibility index (Phi) is 5.63. The van der Waals surface area contributed by atoms with Gasteiger partial charge in [0.2, 0.25) is 6.29 Å². The van der Waals surface area contributed by atoms with Gasteiger partial charge < -0.3 is 9.80 Å².